The molecule has 0 bridgehead atoms. The molecule has 1 N–H and O–H groups in total. The lowest BCUT2D eigenvalue weighted by Gasteiger charge is -2.24. The minimum Gasteiger partial charge on any atom is -0.461 e. The van der Waals surface area contributed by atoms with Gasteiger partial charge in [-0.05, 0) is 60.1 Å². The van der Waals surface area contributed by atoms with Crippen LogP contribution in [-0.2, 0) is 16.6 Å². The van der Waals surface area contributed by atoms with Crippen molar-refractivity contribution in [2.45, 2.75) is 84.0 Å². The number of ether oxygens (including phenoxy) is 1. The highest BCUT2D eigenvalue weighted by Crippen LogP contribution is 2.36. The molecule has 1 unspecified atom stereocenters. The molecule has 2 aromatic rings. The van der Waals surface area contributed by atoms with Gasteiger partial charge < -0.3 is 9.72 Å². The van der Waals surface area contributed by atoms with E-state index >= 15 is 0 Å². The quantitative estimate of drug-likeness (QED) is 0.592. The summed E-state index contributed by atoms with van der Waals surface area (Å²) in [5.74, 6) is 0.408. The predicted octanol–water partition coefficient (Wildman–Crippen LogP) is 6.27. The Kier molecular flexibility index (Phi) is 6.09. The Balaban J connectivity index is 1.49. The van der Waals surface area contributed by atoms with Crippen molar-refractivity contribution in [3.05, 3.63) is 57.9 Å². The largest absolute Gasteiger partial charge is 0.461 e. The van der Waals surface area contributed by atoms with E-state index in [9.17, 15) is 9.59 Å². The number of fused-ring (bicyclic) bond motifs is 1. The molecule has 1 saturated carbocycles. The van der Waals surface area contributed by atoms with Crippen LogP contribution >= 0.6 is 0 Å². The van der Waals surface area contributed by atoms with Crippen LogP contribution in [0.4, 0.5) is 0 Å². The van der Waals surface area contributed by atoms with Crippen molar-refractivity contribution in [2.24, 2.45) is 5.92 Å². The lowest BCUT2D eigenvalue weighted by Crippen LogP contribution is -2.19. The second kappa shape index (κ2) is 8.64. The minimum atomic E-state index is -0.323. The average Bonchev–Trinajstić information content (AvgIpc) is 3.09. The van der Waals surface area contributed by atoms with E-state index in [2.05, 4.69) is 50.0 Å². The first kappa shape index (κ1) is 21.9. The Labute approximate surface area is 185 Å². The number of ketones is 1. The Morgan fingerprint density at radius 3 is 2.39 bits per heavy atom. The highest BCUT2D eigenvalue weighted by atomic mass is 16.5. The predicted molar refractivity (Wildman–Crippen MR) is 123 cm³/mol. The highest BCUT2D eigenvalue weighted by Gasteiger charge is 2.32. The maximum absolute atomic E-state index is 13.0. The second-order valence-corrected chi connectivity index (χ2v) is 10.5. The molecular formula is C27H35NO3. The highest BCUT2D eigenvalue weighted by molar-refractivity contribution is 6.03. The van der Waals surface area contributed by atoms with E-state index in [0.717, 1.165) is 30.5 Å². The third kappa shape index (κ3) is 4.63. The first-order valence-corrected chi connectivity index (χ1v) is 11.8. The Morgan fingerprint density at radius 2 is 1.74 bits per heavy atom. The van der Waals surface area contributed by atoms with Crippen LogP contribution in [-0.4, -0.2) is 23.3 Å². The third-order valence-electron chi connectivity index (χ3n) is 7.12. The van der Waals surface area contributed by atoms with Gasteiger partial charge in [0.2, 0.25) is 0 Å². The third-order valence-corrected chi connectivity index (χ3v) is 7.12. The summed E-state index contributed by atoms with van der Waals surface area (Å²) in [6, 6.07) is 8.64. The van der Waals surface area contributed by atoms with E-state index in [1.807, 2.05) is 6.92 Å². The van der Waals surface area contributed by atoms with E-state index in [0.29, 0.717) is 30.2 Å². The molecule has 0 aliphatic heterocycles. The number of hydrogen-bond donors (Lipinski definition) is 1. The van der Waals surface area contributed by atoms with E-state index < -0.39 is 0 Å². The maximum atomic E-state index is 13.0. The van der Waals surface area contributed by atoms with E-state index in [1.165, 1.54) is 30.4 Å². The fourth-order valence-electron chi connectivity index (χ4n) is 5.15. The van der Waals surface area contributed by atoms with E-state index in [1.54, 1.807) is 0 Å². The van der Waals surface area contributed by atoms with Gasteiger partial charge in [-0.3, -0.25) is 4.79 Å². The van der Waals surface area contributed by atoms with Gasteiger partial charge in [-0.1, -0.05) is 64.3 Å². The molecule has 1 heterocycles. The van der Waals surface area contributed by atoms with Crippen LogP contribution in [0.2, 0.25) is 0 Å². The molecule has 0 radical (unpaired) electrons. The number of aromatic nitrogens is 1. The van der Waals surface area contributed by atoms with Gasteiger partial charge in [-0.25, -0.2) is 4.79 Å². The number of Topliss-reactive ketones (excluding diaryl/α,β-unsaturated/α-hetero) is 1. The molecule has 0 saturated heterocycles. The van der Waals surface area contributed by atoms with Crippen LogP contribution in [0.3, 0.4) is 0 Å². The standard InChI is InChI=1S/C27H35NO3/c1-17-24-22(28-25(17)26(30)31-16-18-8-6-5-7-9-18)14-20(15-23(24)29)19-10-12-21(13-11-19)27(2,3)4/h10-13,18,20,28H,5-9,14-16H2,1-4H3. The van der Waals surface area contributed by atoms with Gasteiger partial charge in [0.05, 0.1) is 6.61 Å². The van der Waals surface area contributed by atoms with Gasteiger partial charge in [0.15, 0.2) is 5.78 Å². The number of nitrogens with one attached hydrogen (secondary N) is 1. The SMILES string of the molecule is Cc1c(C(=O)OCC2CCCCC2)[nH]c2c1C(=O)CC(c1ccc(C(C)(C)C)cc1)C2. The molecule has 0 spiro atoms. The van der Waals surface area contributed by atoms with Crippen LogP contribution in [0, 0.1) is 12.8 Å². The molecule has 2 aliphatic rings. The Morgan fingerprint density at radius 1 is 1.06 bits per heavy atom. The second-order valence-electron chi connectivity index (χ2n) is 10.5. The van der Waals surface area contributed by atoms with Crippen LogP contribution in [0.15, 0.2) is 24.3 Å². The van der Waals surface area contributed by atoms with Crippen molar-refractivity contribution in [3.8, 4) is 0 Å². The summed E-state index contributed by atoms with van der Waals surface area (Å²) in [6.07, 6.45) is 7.25. The summed E-state index contributed by atoms with van der Waals surface area (Å²) in [5.41, 5.74) is 5.36. The van der Waals surface area contributed by atoms with Crippen LogP contribution in [0.5, 0.6) is 0 Å². The van der Waals surface area contributed by atoms with Crippen LogP contribution in [0.25, 0.3) is 0 Å². The zero-order chi connectivity index (χ0) is 22.2. The topological polar surface area (TPSA) is 59.2 Å². The summed E-state index contributed by atoms with van der Waals surface area (Å²) in [5, 5.41) is 0. The van der Waals surface area contributed by atoms with Crippen LogP contribution in [0.1, 0.15) is 108 Å². The summed E-state index contributed by atoms with van der Waals surface area (Å²) >= 11 is 0. The van der Waals surface area contributed by atoms with Crippen molar-refractivity contribution in [1.82, 2.24) is 4.98 Å². The first-order valence-electron chi connectivity index (χ1n) is 11.8. The van der Waals surface area contributed by atoms with Gasteiger partial charge in [0, 0.05) is 17.7 Å². The number of carbonyl (C=O) groups excluding carboxylic acids is 2. The molecule has 4 nitrogen and oxygen atoms in total. The Hall–Kier alpha value is -2.36. The van der Waals surface area contributed by atoms with Crippen molar-refractivity contribution < 1.29 is 14.3 Å². The Bertz CT molecular complexity index is 956. The van der Waals surface area contributed by atoms with Crippen molar-refractivity contribution in [2.75, 3.05) is 6.61 Å². The molecule has 1 aromatic carbocycles. The van der Waals surface area contributed by atoms with Crippen LogP contribution < -0.4 is 0 Å². The van der Waals surface area contributed by atoms with Gasteiger partial charge in [0.25, 0.3) is 0 Å². The first-order chi connectivity index (χ1) is 14.7. The number of H-pyrrole nitrogens is 1. The zero-order valence-corrected chi connectivity index (χ0v) is 19.3. The average molecular weight is 422 g/mol. The number of benzene rings is 1. The number of aromatic amines is 1. The summed E-state index contributed by atoms with van der Waals surface area (Å²) in [4.78, 5) is 29.0. The van der Waals surface area contributed by atoms with Crippen molar-refractivity contribution in [1.29, 1.82) is 0 Å². The molecule has 1 fully saturated rings. The lowest BCUT2D eigenvalue weighted by molar-refractivity contribution is 0.0403. The van der Waals surface area contributed by atoms with Gasteiger partial charge >= 0.3 is 5.97 Å². The molecule has 4 heteroatoms. The maximum Gasteiger partial charge on any atom is 0.355 e. The van der Waals surface area contributed by atoms with Crippen molar-refractivity contribution in [3.63, 3.8) is 0 Å². The molecule has 0 amide bonds. The molecule has 4 rings (SSSR count). The number of hydrogen-bond acceptors (Lipinski definition) is 3. The van der Waals surface area contributed by atoms with E-state index in [-0.39, 0.29) is 23.1 Å². The summed E-state index contributed by atoms with van der Waals surface area (Å²) in [6.45, 7) is 8.96. The number of carbonyl (C=O) groups is 2. The fraction of sp³-hybridized carbons (Fsp3) is 0.556. The van der Waals surface area contributed by atoms with Gasteiger partial charge in [0.1, 0.15) is 5.69 Å². The minimum absolute atomic E-state index is 0.109. The normalized spacial score (nSPS) is 19.9. The van der Waals surface area contributed by atoms with Crippen molar-refractivity contribution >= 4 is 11.8 Å². The fourth-order valence-corrected chi connectivity index (χ4v) is 5.15. The smallest absolute Gasteiger partial charge is 0.355 e. The number of esters is 1. The molecule has 166 valence electrons. The molecule has 31 heavy (non-hydrogen) atoms. The van der Waals surface area contributed by atoms with Gasteiger partial charge in [-0.15, -0.1) is 0 Å². The van der Waals surface area contributed by atoms with Gasteiger partial charge in [-0.2, -0.15) is 0 Å². The molecule has 1 aromatic heterocycles. The number of rotatable bonds is 4. The molecular weight excluding hydrogens is 386 g/mol. The zero-order valence-electron chi connectivity index (χ0n) is 19.3. The summed E-state index contributed by atoms with van der Waals surface area (Å²) < 4.78 is 5.64. The summed E-state index contributed by atoms with van der Waals surface area (Å²) in [7, 11) is 0. The lowest BCUT2D eigenvalue weighted by atomic mass is 9.80. The molecule has 2 aliphatic carbocycles. The molecule has 1 atom stereocenters. The monoisotopic (exact) mass is 421 g/mol. The van der Waals surface area contributed by atoms with E-state index in [4.69, 9.17) is 4.74 Å².